The molecule has 5 nitrogen and oxygen atoms in total. The van der Waals surface area contributed by atoms with E-state index in [1.54, 1.807) is 0 Å². The Hall–Kier alpha value is -1.69. The quantitative estimate of drug-likeness (QED) is 0.782. The molecule has 1 aromatic heterocycles. The number of β-amino-alcohol motifs (C(OH)–C–C–N with tert-alkyl or cyclic N) is 1. The maximum absolute atomic E-state index is 10.6. The lowest BCUT2D eigenvalue weighted by molar-refractivity contribution is 0.137. The molecule has 2 aliphatic heterocycles. The van der Waals surface area contributed by atoms with Gasteiger partial charge in [-0.15, -0.1) is 0 Å². The second kappa shape index (κ2) is 9.21. The van der Waals surface area contributed by atoms with Crippen LogP contribution in [0.2, 0.25) is 0 Å². The Morgan fingerprint density at radius 1 is 1.00 bits per heavy atom. The fourth-order valence-electron chi connectivity index (χ4n) is 5.09. The Labute approximate surface area is 181 Å². The lowest BCUT2D eigenvalue weighted by Gasteiger charge is -2.31. The topological polar surface area (TPSA) is 52.7 Å². The molecule has 0 amide bonds. The van der Waals surface area contributed by atoms with Crippen LogP contribution in [0, 0.1) is 32.6 Å². The number of hydrogen-bond donors (Lipinski definition) is 1. The summed E-state index contributed by atoms with van der Waals surface area (Å²) < 4.78 is 5.37. The normalized spacial score (nSPS) is 24.0. The number of hydrogen-bond acceptors (Lipinski definition) is 5. The lowest BCUT2D eigenvalue weighted by Crippen LogP contribution is -2.32. The minimum absolute atomic E-state index is 0.206. The summed E-state index contributed by atoms with van der Waals surface area (Å²) in [6, 6.07) is 6.68. The Bertz CT molecular complexity index is 854. The van der Waals surface area contributed by atoms with Gasteiger partial charge in [-0.3, -0.25) is 9.80 Å². The number of aliphatic hydroxyl groups is 1. The van der Waals surface area contributed by atoms with Crippen molar-refractivity contribution in [2.45, 2.75) is 66.2 Å². The van der Waals surface area contributed by atoms with Gasteiger partial charge < -0.3 is 9.63 Å². The number of aromatic nitrogens is 1. The maximum atomic E-state index is 10.6. The van der Waals surface area contributed by atoms with Crippen LogP contribution in [-0.4, -0.2) is 52.3 Å². The first-order valence-corrected chi connectivity index (χ1v) is 11.5. The van der Waals surface area contributed by atoms with Gasteiger partial charge in [0.2, 0.25) is 0 Å². The van der Waals surface area contributed by atoms with Crippen LogP contribution in [0.5, 0.6) is 0 Å². The second-order valence-corrected chi connectivity index (χ2v) is 9.83. The minimum Gasteiger partial charge on any atom is -0.391 e. The largest absolute Gasteiger partial charge is 0.391 e. The first-order valence-electron chi connectivity index (χ1n) is 11.5. The third kappa shape index (κ3) is 5.13. The lowest BCUT2D eigenvalue weighted by atomic mass is 9.95. The van der Waals surface area contributed by atoms with Gasteiger partial charge in [0.25, 0.3) is 0 Å². The Morgan fingerprint density at radius 2 is 1.67 bits per heavy atom. The second-order valence-electron chi connectivity index (χ2n) is 9.83. The summed E-state index contributed by atoms with van der Waals surface area (Å²) in [5.74, 6) is 1.95. The van der Waals surface area contributed by atoms with Gasteiger partial charge in [-0.1, -0.05) is 29.8 Å². The van der Waals surface area contributed by atoms with Gasteiger partial charge in [-0.2, -0.15) is 0 Å². The number of aliphatic hydroxyl groups excluding tert-OH is 1. The molecule has 2 atom stereocenters. The van der Waals surface area contributed by atoms with Crippen molar-refractivity contribution in [3.63, 3.8) is 0 Å². The molecule has 3 heterocycles. The van der Waals surface area contributed by atoms with Crippen molar-refractivity contribution >= 4 is 0 Å². The summed E-state index contributed by atoms with van der Waals surface area (Å²) in [5, 5.41) is 14.6. The third-order valence-corrected chi connectivity index (χ3v) is 7.05. The number of aryl methyl sites for hydroxylation is 2. The van der Waals surface area contributed by atoms with Gasteiger partial charge in [0.1, 0.15) is 5.76 Å². The Morgan fingerprint density at radius 3 is 2.30 bits per heavy atom. The van der Waals surface area contributed by atoms with Gasteiger partial charge in [-0.25, -0.2) is 0 Å². The molecule has 2 fully saturated rings. The van der Waals surface area contributed by atoms with Crippen molar-refractivity contribution in [3.8, 4) is 0 Å². The molecule has 30 heavy (non-hydrogen) atoms. The summed E-state index contributed by atoms with van der Waals surface area (Å²) in [5.41, 5.74) is 6.53. The van der Waals surface area contributed by atoms with E-state index in [-0.39, 0.29) is 12.0 Å². The summed E-state index contributed by atoms with van der Waals surface area (Å²) in [4.78, 5) is 5.01. The van der Waals surface area contributed by atoms with E-state index in [0.29, 0.717) is 0 Å². The molecule has 0 spiro atoms. The first kappa shape index (κ1) is 21.5. The number of rotatable bonds is 6. The molecule has 0 radical (unpaired) electrons. The predicted molar refractivity (Wildman–Crippen MR) is 119 cm³/mol. The highest BCUT2D eigenvalue weighted by molar-refractivity contribution is 5.38. The number of nitrogens with zero attached hydrogens (tertiary/aromatic N) is 3. The number of piperidine rings is 1. The molecular weight excluding hydrogens is 374 g/mol. The molecule has 164 valence electrons. The van der Waals surface area contributed by atoms with Crippen molar-refractivity contribution in [2.75, 3.05) is 26.2 Å². The van der Waals surface area contributed by atoms with E-state index >= 15 is 0 Å². The van der Waals surface area contributed by atoms with Crippen molar-refractivity contribution < 1.29 is 9.63 Å². The minimum atomic E-state index is -0.310. The van der Waals surface area contributed by atoms with Crippen LogP contribution >= 0.6 is 0 Å². The van der Waals surface area contributed by atoms with Crippen molar-refractivity contribution in [2.24, 2.45) is 11.8 Å². The summed E-state index contributed by atoms with van der Waals surface area (Å²) in [6.45, 7) is 14.8. The van der Waals surface area contributed by atoms with Crippen LogP contribution < -0.4 is 0 Å². The third-order valence-electron chi connectivity index (χ3n) is 7.05. The van der Waals surface area contributed by atoms with Crippen molar-refractivity contribution in [1.82, 2.24) is 15.0 Å². The predicted octanol–water partition coefficient (Wildman–Crippen LogP) is 3.87. The van der Waals surface area contributed by atoms with E-state index in [9.17, 15) is 5.11 Å². The van der Waals surface area contributed by atoms with Crippen LogP contribution in [0.3, 0.4) is 0 Å². The molecule has 0 saturated carbocycles. The average molecular weight is 412 g/mol. The number of likely N-dealkylation sites (tertiary alicyclic amines) is 2. The average Bonchev–Trinajstić information content (AvgIpc) is 3.26. The molecule has 0 unspecified atom stereocenters. The Kier molecular flexibility index (Phi) is 6.61. The molecule has 0 bridgehead atoms. The van der Waals surface area contributed by atoms with Gasteiger partial charge >= 0.3 is 0 Å². The molecule has 0 aliphatic carbocycles. The molecule has 5 heteroatoms. The highest BCUT2D eigenvalue weighted by Gasteiger charge is 2.32. The van der Waals surface area contributed by atoms with E-state index in [0.717, 1.165) is 50.0 Å². The van der Waals surface area contributed by atoms with E-state index in [4.69, 9.17) is 4.52 Å². The highest BCUT2D eigenvalue weighted by Crippen LogP contribution is 2.27. The van der Waals surface area contributed by atoms with Crippen molar-refractivity contribution in [1.29, 1.82) is 0 Å². The van der Waals surface area contributed by atoms with Gasteiger partial charge in [0.15, 0.2) is 0 Å². The van der Waals surface area contributed by atoms with E-state index in [1.807, 2.05) is 13.0 Å². The van der Waals surface area contributed by atoms with Crippen LogP contribution in [0.25, 0.3) is 0 Å². The first-order chi connectivity index (χ1) is 14.4. The summed E-state index contributed by atoms with van der Waals surface area (Å²) in [7, 11) is 0. The van der Waals surface area contributed by atoms with Crippen LogP contribution in [-0.2, 0) is 19.5 Å². The maximum Gasteiger partial charge on any atom is 0.137 e. The molecule has 2 aliphatic rings. The molecule has 1 aromatic carbocycles. The molecule has 1 N–H and O–H groups in total. The zero-order chi connectivity index (χ0) is 21.3. The van der Waals surface area contributed by atoms with Crippen LogP contribution in [0.15, 0.2) is 22.7 Å². The monoisotopic (exact) mass is 411 g/mol. The number of benzene rings is 1. The molecule has 2 saturated heterocycles. The van der Waals surface area contributed by atoms with E-state index in [2.05, 4.69) is 47.9 Å². The molecular formula is C25H37N3O2. The fourth-order valence-corrected chi connectivity index (χ4v) is 5.09. The van der Waals surface area contributed by atoms with Gasteiger partial charge in [0.05, 0.1) is 11.8 Å². The summed E-state index contributed by atoms with van der Waals surface area (Å²) in [6.07, 6.45) is 3.07. The SMILES string of the molecule is Cc1cc(CN2CCC(C)CC2)c(C)c(CN2C[C@@H](Cc3cc(C)no3)[C@H](O)C2)c1. The Balaban J connectivity index is 1.41. The highest BCUT2D eigenvalue weighted by atomic mass is 16.5. The fraction of sp³-hybridized carbons (Fsp3) is 0.640. The van der Waals surface area contributed by atoms with Gasteiger partial charge in [-0.05, 0) is 69.3 Å². The van der Waals surface area contributed by atoms with E-state index in [1.165, 1.54) is 48.2 Å². The molecule has 4 rings (SSSR count). The van der Waals surface area contributed by atoms with Gasteiger partial charge in [0, 0.05) is 44.6 Å². The van der Waals surface area contributed by atoms with E-state index < -0.39 is 0 Å². The zero-order valence-corrected chi connectivity index (χ0v) is 19.0. The van der Waals surface area contributed by atoms with Crippen LogP contribution in [0.4, 0.5) is 0 Å². The van der Waals surface area contributed by atoms with Crippen LogP contribution in [0.1, 0.15) is 53.5 Å². The smallest absolute Gasteiger partial charge is 0.137 e. The van der Waals surface area contributed by atoms with Crippen molar-refractivity contribution in [3.05, 3.63) is 51.9 Å². The summed E-state index contributed by atoms with van der Waals surface area (Å²) >= 11 is 0. The standard InChI is InChI=1S/C25H37N3O2/c1-17-5-7-27(8-6-17)13-21-9-18(2)10-22(20(21)4)14-28-15-23(25(29)16-28)12-24-11-19(3)26-30-24/h9-11,17,23,25,29H,5-8,12-16H2,1-4H3/t23-,25-/m1/s1. The zero-order valence-electron chi connectivity index (χ0n) is 19.0. The molecule has 2 aromatic rings.